The van der Waals surface area contributed by atoms with Crippen LogP contribution in [0.1, 0.15) is 71.0 Å². The lowest BCUT2D eigenvalue weighted by Crippen LogP contribution is -2.47. The average Bonchev–Trinajstić information content (AvgIpc) is 3.47. The second-order valence-electron chi connectivity index (χ2n) is 8.79. The number of furan rings is 1. The zero-order chi connectivity index (χ0) is 20.6. The number of nitrogens with zero attached hydrogens (tertiary/aromatic N) is 2. The van der Waals surface area contributed by atoms with Crippen LogP contribution in [-0.2, 0) is 20.9 Å². The van der Waals surface area contributed by atoms with E-state index in [4.69, 9.17) is 9.15 Å². The molecular weight excluding hydrogens is 368 g/mol. The second-order valence-corrected chi connectivity index (χ2v) is 8.79. The SMILES string of the molecule is CC(C)N(CC(=O)N(Cc1ccco1)C[C@H]1CCCO1)C(=O)CCC1CCCC1. The largest absolute Gasteiger partial charge is 0.467 e. The lowest BCUT2D eigenvalue weighted by molar-refractivity contribution is -0.143. The summed E-state index contributed by atoms with van der Waals surface area (Å²) in [5.41, 5.74) is 0. The Kier molecular flexibility index (Phi) is 8.16. The van der Waals surface area contributed by atoms with Crippen LogP contribution in [0.4, 0.5) is 0 Å². The maximum absolute atomic E-state index is 13.2. The minimum Gasteiger partial charge on any atom is -0.467 e. The molecule has 1 aromatic rings. The van der Waals surface area contributed by atoms with Crippen LogP contribution < -0.4 is 0 Å². The highest BCUT2D eigenvalue weighted by Crippen LogP contribution is 2.28. The number of amides is 2. The summed E-state index contributed by atoms with van der Waals surface area (Å²) in [6, 6.07) is 3.71. The summed E-state index contributed by atoms with van der Waals surface area (Å²) in [5.74, 6) is 1.48. The highest BCUT2D eigenvalue weighted by molar-refractivity contribution is 5.85. The Morgan fingerprint density at radius 2 is 1.93 bits per heavy atom. The van der Waals surface area contributed by atoms with Crippen molar-refractivity contribution < 1.29 is 18.7 Å². The van der Waals surface area contributed by atoms with E-state index in [-0.39, 0.29) is 30.5 Å². The van der Waals surface area contributed by atoms with Gasteiger partial charge in [-0.05, 0) is 51.2 Å². The summed E-state index contributed by atoms with van der Waals surface area (Å²) in [6.07, 6.45) is 10.2. The van der Waals surface area contributed by atoms with Crippen molar-refractivity contribution in [2.45, 2.75) is 83.9 Å². The van der Waals surface area contributed by atoms with Crippen molar-refractivity contribution in [3.05, 3.63) is 24.2 Å². The lowest BCUT2D eigenvalue weighted by Gasteiger charge is -2.31. The summed E-state index contributed by atoms with van der Waals surface area (Å²) in [5, 5.41) is 0. The van der Waals surface area contributed by atoms with Gasteiger partial charge in [0.1, 0.15) is 5.76 Å². The molecule has 1 aliphatic heterocycles. The predicted octanol–water partition coefficient (Wildman–Crippen LogP) is 3.99. The third kappa shape index (κ3) is 6.59. The molecule has 2 fully saturated rings. The van der Waals surface area contributed by atoms with Crippen LogP contribution in [0.5, 0.6) is 0 Å². The Labute approximate surface area is 174 Å². The van der Waals surface area contributed by atoms with Gasteiger partial charge < -0.3 is 19.0 Å². The van der Waals surface area contributed by atoms with E-state index in [9.17, 15) is 9.59 Å². The second kappa shape index (κ2) is 10.8. The zero-order valence-electron chi connectivity index (χ0n) is 18.0. The number of carbonyl (C=O) groups excluding carboxylic acids is 2. The van der Waals surface area contributed by atoms with E-state index in [1.54, 1.807) is 16.1 Å². The number of ether oxygens (including phenoxy) is 1. The standard InChI is InChI=1S/C23H36N2O4/c1-18(2)25(22(26)12-11-19-7-3-4-8-19)17-23(27)24(15-20-9-5-13-28-20)16-21-10-6-14-29-21/h5,9,13,18-19,21H,3-4,6-8,10-12,14-17H2,1-2H3/t21-/m1/s1. The molecule has 0 N–H and O–H groups in total. The van der Waals surface area contributed by atoms with Crippen LogP contribution in [-0.4, -0.2) is 53.5 Å². The van der Waals surface area contributed by atoms with Gasteiger partial charge in [0.05, 0.1) is 25.5 Å². The van der Waals surface area contributed by atoms with Gasteiger partial charge in [-0.1, -0.05) is 25.7 Å². The first-order chi connectivity index (χ1) is 14.0. The van der Waals surface area contributed by atoms with Gasteiger partial charge in [-0.25, -0.2) is 0 Å². The Hall–Kier alpha value is -1.82. The van der Waals surface area contributed by atoms with E-state index in [2.05, 4.69) is 0 Å². The van der Waals surface area contributed by atoms with Gasteiger partial charge in [-0.2, -0.15) is 0 Å². The van der Waals surface area contributed by atoms with Gasteiger partial charge in [0, 0.05) is 25.6 Å². The Morgan fingerprint density at radius 1 is 1.14 bits per heavy atom. The third-order valence-corrected chi connectivity index (χ3v) is 6.22. The fourth-order valence-corrected chi connectivity index (χ4v) is 4.45. The average molecular weight is 405 g/mol. The molecule has 1 aliphatic carbocycles. The van der Waals surface area contributed by atoms with E-state index in [1.807, 2.05) is 26.0 Å². The third-order valence-electron chi connectivity index (χ3n) is 6.22. The molecule has 6 nitrogen and oxygen atoms in total. The van der Waals surface area contributed by atoms with Gasteiger partial charge in [0.15, 0.2) is 0 Å². The Morgan fingerprint density at radius 3 is 2.55 bits per heavy atom. The van der Waals surface area contributed by atoms with Gasteiger partial charge in [-0.3, -0.25) is 9.59 Å². The molecule has 29 heavy (non-hydrogen) atoms. The molecule has 0 unspecified atom stereocenters. The van der Waals surface area contributed by atoms with E-state index in [1.165, 1.54) is 25.7 Å². The monoisotopic (exact) mass is 404 g/mol. The molecule has 162 valence electrons. The Balaban J connectivity index is 1.59. The van der Waals surface area contributed by atoms with Crippen LogP contribution in [0, 0.1) is 5.92 Å². The molecule has 1 atom stereocenters. The molecule has 1 saturated heterocycles. The highest BCUT2D eigenvalue weighted by atomic mass is 16.5. The number of carbonyl (C=O) groups is 2. The van der Waals surface area contributed by atoms with Crippen LogP contribution >= 0.6 is 0 Å². The van der Waals surface area contributed by atoms with Crippen LogP contribution in [0.3, 0.4) is 0 Å². The topological polar surface area (TPSA) is 63.0 Å². The molecule has 0 aromatic carbocycles. The van der Waals surface area contributed by atoms with Crippen molar-refractivity contribution in [3.63, 3.8) is 0 Å². The molecule has 1 aromatic heterocycles. The van der Waals surface area contributed by atoms with Crippen LogP contribution in [0.2, 0.25) is 0 Å². The zero-order valence-corrected chi connectivity index (χ0v) is 18.0. The molecule has 2 heterocycles. The fraction of sp³-hybridized carbons (Fsp3) is 0.739. The van der Waals surface area contributed by atoms with Gasteiger partial charge in [-0.15, -0.1) is 0 Å². The van der Waals surface area contributed by atoms with Crippen molar-refractivity contribution in [3.8, 4) is 0 Å². The van der Waals surface area contributed by atoms with Crippen molar-refractivity contribution in [2.75, 3.05) is 19.7 Å². The predicted molar refractivity (Wildman–Crippen MR) is 111 cm³/mol. The number of rotatable bonds is 10. The molecule has 2 aliphatic rings. The van der Waals surface area contributed by atoms with Crippen LogP contribution in [0.15, 0.2) is 22.8 Å². The van der Waals surface area contributed by atoms with Gasteiger partial charge in [0.25, 0.3) is 0 Å². The summed E-state index contributed by atoms with van der Waals surface area (Å²) in [6.45, 7) is 5.80. The fourth-order valence-electron chi connectivity index (χ4n) is 4.45. The Bertz CT molecular complexity index is 631. The van der Waals surface area contributed by atoms with E-state index >= 15 is 0 Å². The maximum Gasteiger partial charge on any atom is 0.242 e. The molecule has 6 heteroatoms. The lowest BCUT2D eigenvalue weighted by atomic mass is 10.0. The molecule has 1 saturated carbocycles. The summed E-state index contributed by atoms with van der Waals surface area (Å²) in [7, 11) is 0. The molecule has 0 spiro atoms. The first-order valence-electron chi connectivity index (χ1n) is 11.2. The van der Waals surface area contributed by atoms with Crippen molar-refractivity contribution in [1.82, 2.24) is 9.80 Å². The quantitative estimate of drug-likeness (QED) is 0.591. The highest BCUT2D eigenvalue weighted by Gasteiger charge is 2.28. The molecule has 0 radical (unpaired) electrons. The molecule has 0 bridgehead atoms. The summed E-state index contributed by atoms with van der Waals surface area (Å²) >= 11 is 0. The maximum atomic E-state index is 13.2. The first-order valence-corrected chi connectivity index (χ1v) is 11.2. The van der Waals surface area contributed by atoms with E-state index < -0.39 is 0 Å². The van der Waals surface area contributed by atoms with E-state index in [0.29, 0.717) is 25.4 Å². The van der Waals surface area contributed by atoms with Crippen molar-refractivity contribution >= 4 is 11.8 Å². The van der Waals surface area contributed by atoms with Gasteiger partial charge in [0.2, 0.25) is 11.8 Å². The number of hydrogen-bond donors (Lipinski definition) is 0. The summed E-state index contributed by atoms with van der Waals surface area (Å²) in [4.78, 5) is 29.6. The minimum atomic E-state index is -0.0418. The molecular formula is C23H36N2O4. The number of hydrogen-bond acceptors (Lipinski definition) is 4. The molecule has 2 amide bonds. The smallest absolute Gasteiger partial charge is 0.242 e. The van der Waals surface area contributed by atoms with Gasteiger partial charge >= 0.3 is 0 Å². The summed E-state index contributed by atoms with van der Waals surface area (Å²) < 4.78 is 11.2. The molecule has 3 rings (SSSR count). The van der Waals surface area contributed by atoms with Crippen molar-refractivity contribution in [1.29, 1.82) is 0 Å². The minimum absolute atomic E-state index is 0.00298. The normalized spacial score (nSPS) is 19.8. The van der Waals surface area contributed by atoms with Crippen LogP contribution in [0.25, 0.3) is 0 Å². The van der Waals surface area contributed by atoms with E-state index in [0.717, 1.165) is 31.6 Å². The first kappa shape index (κ1) is 21.9. The van der Waals surface area contributed by atoms with Crippen molar-refractivity contribution in [2.24, 2.45) is 5.92 Å².